The number of carbonyl (C=O) groups excluding carboxylic acids is 1. The van der Waals surface area contributed by atoms with Crippen molar-refractivity contribution in [1.82, 2.24) is 4.98 Å². The Morgan fingerprint density at radius 1 is 1.32 bits per heavy atom. The van der Waals surface area contributed by atoms with E-state index in [1.807, 2.05) is 0 Å². The van der Waals surface area contributed by atoms with Gasteiger partial charge in [0.05, 0.1) is 15.6 Å². The number of amides is 1. The molecule has 0 aliphatic rings. The molecule has 1 aromatic heterocycles. The number of nitrogen functional groups attached to an aromatic ring is 1. The van der Waals surface area contributed by atoms with E-state index >= 15 is 0 Å². The molecule has 0 aliphatic heterocycles. The Balaban J connectivity index is 2.27. The van der Waals surface area contributed by atoms with E-state index in [-0.39, 0.29) is 15.6 Å². The molecular formula is C12H8BrCl2N3O. The maximum absolute atomic E-state index is 12.1. The number of anilines is 2. The summed E-state index contributed by atoms with van der Waals surface area (Å²) in [5.41, 5.74) is 6.20. The topological polar surface area (TPSA) is 68.0 Å². The molecule has 0 spiro atoms. The van der Waals surface area contributed by atoms with E-state index in [0.29, 0.717) is 11.5 Å². The predicted molar refractivity (Wildman–Crippen MR) is 80.8 cm³/mol. The molecule has 0 saturated carbocycles. The maximum Gasteiger partial charge on any atom is 0.258 e. The van der Waals surface area contributed by atoms with Gasteiger partial charge in [0, 0.05) is 16.4 Å². The molecule has 0 atom stereocenters. The number of nitrogens with two attached hydrogens (primary N) is 1. The molecule has 0 unspecified atom stereocenters. The Morgan fingerprint density at radius 3 is 2.68 bits per heavy atom. The van der Waals surface area contributed by atoms with Crippen LogP contribution in [-0.4, -0.2) is 10.9 Å². The Hall–Kier alpha value is -1.30. The molecule has 0 saturated heterocycles. The van der Waals surface area contributed by atoms with Crippen molar-refractivity contribution >= 4 is 56.5 Å². The van der Waals surface area contributed by atoms with Crippen molar-refractivity contribution in [3.8, 4) is 0 Å². The maximum atomic E-state index is 12.1. The summed E-state index contributed by atoms with van der Waals surface area (Å²) in [7, 11) is 0. The number of pyridine rings is 1. The molecule has 2 rings (SSSR count). The Morgan fingerprint density at radius 2 is 2.05 bits per heavy atom. The second-order valence-corrected chi connectivity index (χ2v) is 5.38. The highest BCUT2D eigenvalue weighted by Crippen LogP contribution is 2.29. The van der Waals surface area contributed by atoms with Crippen LogP contribution in [0.1, 0.15) is 10.4 Å². The number of rotatable bonds is 2. The van der Waals surface area contributed by atoms with Gasteiger partial charge < -0.3 is 11.1 Å². The molecule has 1 aromatic carbocycles. The first-order valence-corrected chi connectivity index (χ1v) is 6.69. The van der Waals surface area contributed by atoms with Crippen LogP contribution in [0.25, 0.3) is 0 Å². The van der Waals surface area contributed by atoms with Crippen LogP contribution in [0.2, 0.25) is 10.0 Å². The first-order chi connectivity index (χ1) is 8.97. The van der Waals surface area contributed by atoms with Crippen molar-refractivity contribution in [3.63, 3.8) is 0 Å². The zero-order chi connectivity index (χ0) is 14.0. The molecule has 0 radical (unpaired) electrons. The third-order valence-electron chi connectivity index (χ3n) is 2.26. The standard InChI is InChI=1S/C12H8BrCl2N3O/c13-6-1-2-10(17-5-6)18-12(19)8-3-7(16)4-9(14)11(8)15/h1-5H,16H2,(H,17,18,19). The number of halogens is 3. The van der Waals surface area contributed by atoms with Crippen LogP contribution in [0.3, 0.4) is 0 Å². The summed E-state index contributed by atoms with van der Waals surface area (Å²) in [4.78, 5) is 16.1. The molecular weight excluding hydrogens is 353 g/mol. The van der Waals surface area contributed by atoms with E-state index in [9.17, 15) is 4.79 Å². The smallest absolute Gasteiger partial charge is 0.258 e. The summed E-state index contributed by atoms with van der Waals surface area (Å²) in [6, 6.07) is 6.36. The first-order valence-electron chi connectivity index (χ1n) is 5.15. The number of nitrogens with one attached hydrogen (secondary N) is 1. The van der Waals surface area contributed by atoms with Crippen LogP contribution in [0, 0.1) is 0 Å². The van der Waals surface area contributed by atoms with Gasteiger partial charge in [-0.2, -0.15) is 0 Å². The second-order valence-electron chi connectivity index (χ2n) is 3.68. The Kier molecular flexibility index (Phi) is 4.29. The zero-order valence-electron chi connectivity index (χ0n) is 9.45. The van der Waals surface area contributed by atoms with Gasteiger partial charge >= 0.3 is 0 Å². The Bertz CT molecular complexity index is 632. The highest BCUT2D eigenvalue weighted by molar-refractivity contribution is 9.10. The van der Waals surface area contributed by atoms with Crippen LogP contribution in [0.15, 0.2) is 34.9 Å². The van der Waals surface area contributed by atoms with Crippen molar-refractivity contribution in [2.24, 2.45) is 0 Å². The molecule has 3 N–H and O–H groups in total. The summed E-state index contributed by atoms with van der Waals surface area (Å²) in [5, 5.41) is 3.00. The SMILES string of the molecule is Nc1cc(Cl)c(Cl)c(C(=O)Nc2ccc(Br)cn2)c1. The number of benzene rings is 1. The van der Waals surface area contributed by atoms with E-state index < -0.39 is 5.91 Å². The fourth-order valence-corrected chi connectivity index (χ4v) is 2.07. The van der Waals surface area contributed by atoms with Gasteiger partial charge in [-0.15, -0.1) is 0 Å². The number of aromatic nitrogens is 1. The van der Waals surface area contributed by atoms with E-state index in [2.05, 4.69) is 26.2 Å². The summed E-state index contributed by atoms with van der Waals surface area (Å²) in [6.07, 6.45) is 1.57. The second kappa shape index (κ2) is 5.77. The van der Waals surface area contributed by atoms with Crippen LogP contribution in [0.5, 0.6) is 0 Å². The third-order valence-corrected chi connectivity index (χ3v) is 3.54. The van der Waals surface area contributed by atoms with E-state index in [0.717, 1.165) is 4.47 Å². The summed E-state index contributed by atoms with van der Waals surface area (Å²) >= 11 is 15.1. The van der Waals surface area contributed by atoms with Gasteiger partial charge in [-0.25, -0.2) is 4.98 Å². The van der Waals surface area contributed by atoms with Crippen molar-refractivity contribution in [1.29, 1.82) is 0 Å². The minimum atomic E-state index is -0.422. The van der Waals surface area contributed by atoms with Gasteiger partial charge in [-0.1, -0.05) is 23.2 Å². The molecule has 19 heavy (non-hydrogen) atoms. The quantitative estimate of drug-likeness (QED) is 0.795. The molecule has 2 aromatic rings. The Labute approximate surface area is 128 Å². The fourth-order valence-electron chi connectivity index (χ4n) is 1.41. The molecule has 4 nitrogen and oxygen atoms in total. The summed E-state index contributed by atoms with van der Waals surface area (Å²) in [5.74, 6) is -0.0168. The number of hydrogen-bond acceptors (Lipinski definition) is 3. The van der Waals surface area contributed by atoms with Crippen molar-refractivity contribution in [2.45, 2.75) is 0 Å². The van der Waals surface area contributed by atoms with Crippen LogP contribution in [0.4, 0.5) is 11.5 Å². The average molecular weight is 361 g/mol. The van der Waals surface area contributed by atoms with Gasteiger partial charge in [0.15, 0.2) is 0 Å². The molecule has 1 amide bonds. The lowest BCUT2D eigenvalue weighted by molar-refractivity contribution is 0.102. The summed E-state index contributed by atoms with van der Waals surface area (Å²) < 4.78 is 0.815. The van der Waals surface area contributed by atoms with Crippen LogP contribution >= 0.6 is 39.1 Å². The van der Waals surface area contributed by atoms with Crippen molar-refractivity contribution in [2.75, 3.05) is 11.1 Å². The lowest BCUT2D eigenvalue weighted by atomic mass is 10.2. The molecule has 98 valence electrons. The fraction of sp³-hybridized carbons (Fsp3) is 0. The van der Waals surface area contributed by atoms with Gasteiger partial charge in [0.2, 0.25) is 0 Å². The summed E-state index contributed by atoms with van der Waals surface area (Å²) in [6.45, 7) is 0. The van der Waals surface area contributed by atoms with Crippen LogP contribution < -0.4 is 11.1 Å². The van der Waals surface area contributed by atoms with Crippen molar-refractivity contribution in [3.05, 3.63) is 50.5 Å². The zero-order valence-corrected chi connectivity index (χ0v) is 12.6. The van der Waals surface area contributed by atoms with Gasteiger partial charge in [0.1, 0.15) is 5.82 Å². The largest absolute Gasteiger partial charge is 0.399 e. The van der Waals surface area contributed by atoms with Gasteiger partial charge in [0.25, 0.3) is 5.91 Å². The minimum Gasteiger partial charge on any atom is -0.399 e. The number of nitrogens with zero attached hydrogens (tertiary/aromatic N) is 1. The minimum absolute atomic E-state index is 0.158. The number of hydrogen-bond donors (Lipinski definition) is 2. The van der Waals surface area contributed by atoms with E-state index in [1.165, 1.54) is 12.1 Å². The monoisotopic (exact) mass is 359 g/mol. The normalized spacial score (nSPS) is 10.3. The lowest BCUT2D eigenvalue weighted by Crippen LogP contribution is -2.14. The molecule has 0 bridgehead atoms. The molecule has 7 heteroatoms. The van der Waals surface area contributed by atoms with E-state index in [1.54, 1.807) is 18.3 Å². The van der Waals surface area contributed by atoms with E-state index in [4.69, 9.17) is 28.9 Å². The molecule has 0 aliphatic carbocycles. The third kappa shape index (κ3) is 3.37. The van der Waals surface area contributed by atoms with Gasteiger partial charge in [-0.3, -0.25) is 4.79 Å². The first kappa shape index (κ1) is 14.1. The number of carbonyl (C=O) groups is 1. The predicted octanol–water partition coefficient (Wildman–Crippen LogP) is 3.99. The lowest BCUT2D eigenvalue weighted by Gasteiger charge is -2.08. The van der Waals surface area contributed by atoms with Crippen molar-refractivity contribution < 1.29 is 4.79 Å². The highest BCUT2D eigenvalue weighted by atomic mass is 79.9. The molecule has 1 heterocycles. The molecule has 0 fully saturated rings. The highest BCUT2D eigenvalue weighted by Gasteiger charge is 2.14. The van der Waals surface area contributed by atoms with Gasteiger partial charge in [-0.05, 0) is 40.2 Å². The van der Waals surface area contributed by atoms with Crippen LogP contribution in [-0.2, 0) is 0 Å². The average Bonchev–Trinajstić information content (AvgIpc) is 2.36.